The van der Waals surface area contributed by atoms with Crippen molar-refractivity contribution in [1.82, 2.24) is 0 Å². The number of benzene rings is 3. The number of carbonyl (C=O) groups is 2. The van der Waals surface area contributed by atoms with Gasteiger partial charge < -0.3 is 15.3 Å². The molecule has 1 aliphatic rings. The molecule has 4 rings (SSSR count). The van der Waals surface area contributed by atoms with Crippen molar-refractivity contribution in [2.24, 2.45) is 0 Å². The van der Waals surface area contributed by atoms with Crippen LogP contribution in [0.5, 0.6) is 0 Å². The van der Waals surface area contributed by atoms with Crippen LogP contribution in [-0.2, 0) is 4.79 Å². The minimum atomic E-state index is -0.949. The molecule has 0 radical (unpaired) electrons. The number of hydrogen-bond donors (Lipinski definition) is 2. The predicted octanol–water partition coefficient (Wildman–Crippen LogP) is 6.00. The van der Waals surface area contributed by atoms with Crippen LogP contribution in [0.4, 0.5) is 11.4 Å². The lowest BCUT2D eigenvalue weighted by atomic mass is 9.88. The van der Waals surface area contributed by atoms with Crippen LogP contribution < -0.4 is 10.2 Å². The molecule has 0 bridgehead atoms. The van der Waals surface area contributed by atoms with Gasteiger partial charge in [0.2, 0.25) is 5.91 Å². The van der Waals surface area contributed by atoms with E-state index in [2.05, 4.69) is 18.3 Å². The largest absolute Gasteiger partial charge is 0.478 e. The number of fused-ring (bicyclic) bond motifs is 1. The van der Waals surface area contributed by atoms with Crippen LogP contribution in [0.1, 0.15) is 42.2 Å². The Hall–Kier alpha value is -3.31. The molecule has 3 aromatic carbocycles. The quantitative estimate of drug-likeness (QED) is 0.528. The average Bonchev–Trinajstić information content (AvgIpc) is 2.75. The van der Waals surface area contributed by atoms with Crippen molar-refractivity contribution >= 4 is 34.9 Å². The zero-order chi connectivity index (χ0) is 22.1. The fraction of sp³-hybridized carbons (Fsp3) is 0.200. The summed E-state index contributed by atoms with van der Waals surface area (Å²) in [6, 6.07) is 20.5. The van der Waals surface area contributed by atoms with Crippen LogP contribution in [-0.4, -0.2) is 23.0 Å². The van der Waals surface area contributed by atoms with Gasteiger partial charge in [-0.3, -0.25) is 4.79 Å². The molecular weight excluding hydrogens is 412 g/mol. The second-order valence-corrected chi connectivity index (χ2v) is 8.27. The minimum Gasteiger partial charge on any atom is -0.478 e. The Morgan fingerprint density at radius 2 is 1.65 bits per heavy atom. The van der Waals surface area contributed by atoms with E-state index in [-0.39, 0.29) is 23.6 Å². The van der Waals surface area contributed by atoms with E-state index in [4.69, 9.17) is 16.7 Å². The Morgan fingerprint density at radius 1 is 1.00 bits per heavy atom. The minimum absolute atomic E-state index is 0.0113. The summed E-state index contributed by atoms with van der Waals surface area (Å²) < 4.78 is 0. The maximum Gasteiger partial charge on any atom is 0.335 e. The van der Waals surface area contributed by atoms with Crippen molar-refractivity contribution in [2.45, 2.75) is 32.4 Å². The fourth-order valence-electron chi connectivity index (χ4n) is 4.21. The van der Waals surface area contributed by atoms with Crippen molar-refractivity contribution in [1.29, 1.82) is 0 Å². The van der Waals surface area contributed by atoms with Crippen molar-refractivity contribution in [3.8, 4) is 11.1 Å². The molecule has 0 aromatic heterocycles. The van der Waals surface area contributed by atoms with Gasteiger partial charge in [-0.2, -0.15) is 0 Å². The summed E-state index contributed by atoms with van der Waals surface area (Å²) in [5, 5.41) is 13.4. The molecule has 6 heteroatoms. The highest BCUT2D eigenvalue weighted by Crippen LogP contribution is 2.41. The molecule has 2 atom stereocenters. The molecule has 0 saturated carbocycles. The van der Waals surface area contributed by atoms with Gasteiger partial charge in [0.05, 0.1) is 11.6 Å². The van der Waals surface area contributed by atoms with Gasteiger partial charge in [0.25, 0.3) is 0 Å². The van der Waals surface area contributed by atoms with E-state index < -0.39 is 5.97 Å². The van der Waals surface area contributed by atoms with Gasteiger partial charge in [0.15, 0.2) is 0 Å². The first-order chi connectivity index (χ1) is 14.8. The molecule has 0 saturated heterocycles. The SMILES string of the molecule is CC(=O)N1c2ccc(-c3ccc(C(=O)O)cc3)cc2C(Nc2ccc(Cl)cc2)CC1C. The Balaban J connectivity index is 1.75. The maximum atomic E-state index is 12.4. The predicted molar refractivity (Wildman–Crippen MR) is 124 cm³/mol. The van der Waals surface area contributed by atoms with Gasteiger partial charge in [0, 0.05) is 29.4 Å². The number of carboxylic acids is 1. The lowest BCUT2D eigenvalue weighted by Gasteiger charge is -2.39. The van der Waals surface area contributed by atoms with Crippen LogP contribution in [0.3, 0.4) is 0 Å². The second-order valence-electron chi connectivity index (χ2n) is 7.83. The van der Waals surface area contributed by atoms with E-state index in [0.29, 0.717) is 5.02 Å². The van der Waals surface area contributed by atoms with Gasteiger partial charge >= 0.3 is 5.97 Å². The standard InChI is InChI=1S/C25H23ClN2O3/c1-15-13-23(27-21-10-8-20(26)9-11-21)22-14-19(7-12-24(22)28(15)16(2)29)17-3-5-18(6-4-17)25(30)31/h3-12,14-15,23,27H,13H2,1-2H3,(H,30,31). The summed E-state index contributed by atoms with van der Waals surface area (Å²) >= 11 is 6.02. The van der Waals surface area contributed by atoms with Crippen molar-refractivity contribution < 1.29 is 14.7 Å². The number of rotatable bonds is 4. The molecule has 0 aliphatic carbocycles. The third-order valence-electron chi connectivity index (χ3n) is 5.67. The first-order valence-corrected chi connectivity index (χ1v) is 10.5. The number of carbonyl (C=O) groups excluding carboxylic acids is 1. The fourth-order valence-corrected chi connectivity index (χ4v) is 4.34. The average molecular weight is 435 g/mol. The Labute approximate surface area is 186 Å². The van der Waals surface area contributed by atoms with E-state index in [1.54, 1.807) is 31.2 Å². The van der Waals surface area contributed by atoms with E-state index in [1.807, 2.05) is 41.3 Å². The summed E-state index contributed by atoms with van der Waals surface area (Å²) in [6.45, 7) is 3.64. The topological polar surface area (TPSA) is 69.6 Å². The Morgan fingerprint density at radius 3 is 2.26 bits per heavy atom. The molecule has 1 amide bonds. The monoisotopic (exact) mass is 434 g/mol. The number of anilines is 2. The molecular formula is C25H23ClN2O3. The zero-order valence-electron chi connectivity index (χ0n) is 17.3. The molecule has 1 aliphatic heterocycles. The van der Waals surface area contributed by atoms with Gasteiger partial charge in [-0.1, -0.05) is 29.8 Å². The number of aromatic carboxylic acids is 1. The van der Waals surface area contributed by atoms with Crippen LogP contribution in [0.2, 0.25) is 5.02 Å². The summed E-state index contributed by atoms with van der Waals surface area (Å²) in [7, 11) is 0. The Kier molecular flexibility index (Phi) is 5.70. The maximum absolute atomic E-state index is 12.4. The van der Waals surface area contributed by atoms with Crippen LogP contribution in [0.25, 0.3) is 11.1 Å². The summed E-state index contributed by atoms with van der Waals surface area (Å²) in [6.07, 6.45) is 0.761. The van der Waals surface area contributed by atoms with Crippen LogP contribution in [0, 0.1) is 0 Å². The molecule has 3 aromatic rings. The highest BCUT2D eigenvalue weighted by Gasteiger charge is 2.32. The van der Waals surface area contributed by atoms with Gasteiger partial charge in [0.1, 0.15) is 0 Å². The van der Waals surface area contributed by atoms with Gasteiger partial charge in [-0.05, 0) is 78.6 Å². The van der Waals surface area contributed by atoms with Crippen LogP contribution in [0.15, 0.2) is 66.7 Å². The number of amides is 1. The second kappa shape index (κ2) is 8.44. The van der Waals surface area contributed by atoms with Crippen LogP contribution >= 0.6 is 11.6 Å². The zero-order valence-corrected chi connectivity index (χ0v) is 18.1. The van der Waals surface area contributed by atoms with E-state index in [9.17, 15) is 9.59 Å². The van der Waals surface area contributed by atoms with E-state index >= 15 is 0 Å². The number of hydrogen-bond acceptors (Lipinski definition) is 3. The summed E-state index contributed by atoms with van der Waals surface area (Å²) in [4.78, 5) is 25.4. The van der Waals surface area contributed by atoms with Gasteiger partial charge in [-0.15, -0.1) is 0 Å². The molecule has 158 valence electrons. The lowest BCUT2D eigenvalue weighted by molar-refractivity contribution is -0.117. The first kappa shape index (κ1) is 20.9. The molecule has 1 heterocycles. The molecule has 5 nitrogen and oxygen atoms in total. The molecule has 31 heavy (non-hydrogen) atoms. The number of halogens is 1. The van der Waals surface area contributed by atoms with Crippen molar-refractivity contribution in [2.75, 3.05) is 10.2 Å². The van der Waals surface area contributed by atoms with Gasteiger partial charge in [-0.25, -0.2) is 4.79 Å². The summed E-state index contributed by atoms with van der Waals surface area (Å²) in [5.74, 6) is -0.937. The molecule has 0 fully saturated rings. The number of nitrogens with zero attached hydrogens (tertiary/aromatic N) is 1. The highest BCUT2D eigenvalue weighted by atomic mass is 35.5. The number of carboxylic acid groups (broad SMARTS) is 1. The van der Waals surface area contributed by atoms with Crippen molar-refractivity contribution in [3.05, 3.63) is 82.9 Å². The first-order valence-electron chi connectivity index (χ1n) is 10.1. The smallest absolute Gasteiger partial charge is 0.335 e. The molecule has 2 N–H and O–H groups in total. The summed E-state index contributed by atoms with van der Waals surface area (Å²) in [5.41, 5.74) is 5.02. The third-order valence-corrected chi connectivity index (χ3v) is 5.92. The van der Waals surface area contributed by atoms with E-state index in [0.717, 1.165) is 34.5 Å². The highest BCUT2D eigenvalue weighted by molar-refractivity contribution is 6.30. The normalized spacial score (nSPS) is 17.7. The number of nitrogens with one attached hydrogen (secondary N) is 1. The molecule has 2 unspecified atom stereocenters. The van der Waals surface area contributed by atoms with Crippen molar-refractivity contribution in [3.63, 3.8) is 0 Å². The van der Waals surface area contributed by atoms with E-state index in [1.165, 1.54) is 0 Å². The molecule has 0 spiro atoms. The third kappa shape index (κ3) is 4.28. The lowest BCUT2D eigenvalue weighted by Crippen LogP contribution is -2.43. The Bertz CT molecular complexity index is 1130.